The SMILES string of the molecule is Cc1[nH]ncc1C(=O)NC(C)C(C)CO. The smallest absolute Gasteiger partial charge is 0.254 e. The zero-order chi connectivity index (χ0) is 11.4. The molecule has 0 radical (unpaired) electrons. The number of aliphatic hydroxyl groups excluding tert-OH is 1. The lowest BCUT2D eigenvalue weighted by atomic mass is 10.0. The van der Waals surface area contributed by atoms with E-state index < -0.39 is 0 Å². The van der Waals surface area contributed by atoms with Gasteiger partial charge in [0.25, 0.3) is 5.91 Å². The first-order valence-corrected chi connectivity index (χ1v) is 4.98. The van der Waals surface area contributed by atoms with Crippen molar-refractivity contribution in [3.63, 3.8) is 0 Å². The molecule has 0 aliphatic heterocycles. The van der Waals surface area contributed by atoms with E-state index in [2.05, 4.69) is 15.5 Å². The third kappa shape index (κ3) is 2.79. The Morgan fingerprint density at radius 1 is 1.67 bits per heavy atom. The van der Waals surface area contributed by atoms with E-state index in [1.54, 1.807) is 6.92 Å². The van der Waals surface area contributed by atoms with Gasteiger partial charge in [-0.2, -0.15) is 5.10 Å². The number of hydrogen-bond acceptors (Lipinski definition) is 3. The van der Waals surface area contributed by atoms with E-state index in [-0.39, 0.29) is 24.5 Å². The second-order valence-electron chi connectivity index (χ2n) is 3.83. The number of rotatable bonds is 4. The van der Waals surface area contributed by atoms with E-state index in [1.807, 2.05) is 13.8 Å². The lowest BCUT2D eigenvalue weighted by Crippen LogP contribution is -2.38. The minimum absolute atomic E-state index is 0.0427. The van der Waals surface area contributed by atoms with Crippen LogP contribution in [0.25, 0.3) is 0 Å². The number of hydrogen-bond donors (Lipinski definition) is 3. The highest BCUT2D eigenvalue weighted by molar-refractivity contribution is 5.95. The van der Waals surface area contributed by atoms with Gasteiger partial charge < -0.3 is 10.4 Å². The number of aromatic nitrogens is 2. The molecule has 15 heavy (non-hydrogen) atoms. The molecule has 5 heteroatoms. The molecule has 5 nitrogen and oxygen atoms in total. The molecule has 2 unspecified atom stereocenters. The van der Waals surface area contributed by atoms with Gasteiger partial charge in [-0.3, -0.25) is 9.89 Å². The molecule has 1 aromatic rings. The number of nitrogens with one attached hydrogen (secondary N) is 2. The summed E-state index contributed by atoms with van der Waals surface area (Å²) in [6.45, 7) is 5.61. The number of aryl methyl sites for hydroxylation is 1. The van der Waals surface area contributed by atoms with Crippen LogP contribution in [0.3, 0.4) is 0 Å². The lowest BCUT2D eigenvalue weighted by Gasteiger charge is -2.18. The molecule has 1 amide bonds. The molecule has 1 rings (SSSR count). The number of amides is 1. The molecule has 3 N–H and O–H groups in total. The number of aliphatic hydroxyl groups is 1. The molecule has 0 bridgehead atoms. The lowest BCUT2D eigenvalue weighted by molar-refractivity contribution is 0.0916. The Morgan fingerprint density at radius 3 is 2.80 bits per heavy atom. The van der Waals surface area contributed by atoms with Crippen molar-refractivity contribution in [2.75, 3.05) is 6.61 Å². The van der Waals surface area contributed by atoms with E-state index in [0.717, 1.165) is 5.69 Å². The molecule has 0 aliphatic carbocycles. The highest BCUT2D eigenvalue weighted by Crippen LogP contribution is 2.05. The maximum atomic E-state index is 11.7. The quantitative estimate of drug-likeness (QED) is 0.677. The maximum absolute atomic E-state index is 11.7. The highest BCUT2D eigenvalue weighted by Gasteiger charge is 2.16. The summed E-state index contributed by atoms with van der Waals surface area (Å²) in [4.78, 5) is 11.7. The van der Waals surface area contributed by atoms with Crippen molar-refractivity contribution in [3.05, 3.63) is 17.5 Å². The minimum atomic E-state index is -0.158. The van der Waals surface area contributed by atoms with Crippen LogP contribution in [0.4, 0.5) is 0 Å². The van der Waals surface area contributed by atoms with Gasteiger partial charge in [-0.1, -0.05) is 6.92 Å². The van der Waals surface area contributed by atoms with Crippen LogP contribution in [0.5, 0.6) is 0 Å². The summed E-state index contributed by atoms with van der Waals surface area (Å²) in [5, 5.41) is 18.2. The zero-order valence-corrected chi connectivity index (χ0v) is 9.24. The Hall–Kier alpha value is -1.36. The van der Waals surface area contributed by atoms with Crippen molar-refractivity contribution in [2.24, 2.45) is 5.92 Å². The molecular weight excluding hydrogens is 194 g/mol. The van der Waals surface area contributed by atoms with Crippen LogP contribution in [-0.4, -0.2) is 33.9 Å². The van der Waals surface area contributed by atoms with Gasteiger partial charge in [0.2, 0.25) is 0 Å². The van der Waals surface area contributed by atoms with Gasteiger partial charge in [0.05, 0.1) is 11.8 Å². The molecule has 0 saturated heterocycles. The molecule has 2 atom stereocenters. The predicted octanol–water partition coefficient (Wildman–Crippen LogP) is 0.465. The number of carbonyl (C=O) groups excluding carboxylic acids is 1. The fourth-order valence-corrected chi connectivity index (χ4v) is 1.16. The molecule has 0 aromatic carbocycles. The summed E-state index contributed by atoms with van der Waals surface area (Å²) in [5.74, 6) is -0.116. The van der Waals surface area contributed by atoms with Gasteiger partial charge in [-0.05, 0) is 19.8 Å². The minimum Gasteiger partial charge on any atom is -0.396 e. The number of aromatic amines is 1. The Morgan fingerprint density at radius 2 is 2.33 bits per heavy atom. The molecule has 84 valence electrons. The van der Waals surface area contributed by atoms with Crippen LogP contribution >= 0.6 is 0 Å². The third-order valence-electron chi connectivity index (χ3n) is 2.57. The Balaban J connectivity index is 2.60. The largest absolute Gasteiger partial charge is 0.396 e. The molecule has 1 heterocycles. The molecule has 0 spiro atoms. The Labute approximate surface area is 88.9 Å². The summed E-state index contributed by atoms with van der Waals surface area (Å²) in [6, 6.07) is -0.0585. The molecule has 0 fully saturated rings. The summed E-state index contributed by atoms with van der Waals surface area (Å²) >= 11 is 0. The van der Waals surface area contributed by atoms with Crippen molar-refractivity contribution in [1.82, 2.24) is 15.5 Å². The number of nitrogens with zero attached hydrogens (tertiary/aromatic N) is 1. The molecule has 0 aliphatic rings. The first-order chi connectivity index (χ1) is 7.06. The van der Waals surface area contributed by atoms with Gasteiger partial charge >= 0.3 is 0 Å². The average molecular weight is 211 g/mol. The van der Waals surface area contributed by atoms with Crippen LogP contribution < -0.4 is 5.32 Å². The third-order valence-corrected chi connectivity index (χ3v) is 2.57. The van der Waals surface area contributed by atoms with E-state index in [0.29, 0.717) is 5.56 Å². The van der Waals surface area contributed by atoms with Crippen LogP contribution in [0.1, 0.15) is 29.9 Å². The number of H-pyrrole nitrogens is 1. The fourth-order valence-electron chi connectivity index (χ4n) is 1.16. The normalized spacial score (nSPS) is 14.7. The van der Waals surface area contributed by atoms with Gasteiger partial charge in [0, 0.05) is 18.3 Å². The standard InChI is InChI=1S/C10H17N3O2/c1-6(5-14)7(2)12-10(15)9-4-11-13-8(9)3/h4,6-7,14H,5H2,1-3H3,(H,11,13)(H,12,15). The van der Waals surface area contributed by atoms with Crippen LogP contribution in [0.15, 0.2) is 6.20 Å². The zero-order valence-electron chi connectivity index (χ0n) is 9.24. The van der Waals surface area contributed by atoms with Crippen molar-refractivity contribution in [3.8, 4) is 0 Å². The highest BCUT2D eigenvalue weighted by atomic mass is 16.3. The van der Waals surface area contributed by atoms with Crippen molar-refractivity contribution in [2.45, 2.75) is 26.8 Å². The van der Waals surface area contributed by atoms with Gasteiger partial charge in [-0.25, -0.2) is 0 Å². The maximum Gasteiger partial charge on any atom is 0.254 e. The Kier molecular flexibility index (Phi) is 3.85. The number of carbonyl (C=O) groups is 1. The van der Waals surface area contributed by atoms with Gasteiger partial charge in [0.1, 0.15) is 0 Å². The van der Waals surface area contributed by atoms with E-state index in [4.69, 9.17) is 5.11 Å². The summed E-state index contributed by atoms with van der Waals surface area (Å²) in [7, 11) is 0. The van der Waals surface area contributed by atoms with Gasteiger partial charge in [-0.15, -0.1) is 0 Å². The predicted molar refractivity (Wildman–Crippen MR) is 56.5 cm³/mol. The first-order valence-electron chi connectivity index (χ1n) is 4.98. The second-order valence-corrected chi connectivity index (χ2v) is 3.83. The summed E-state index contributed by atoms with van der Waals surface area (Å²) < 4.78 is 0. The molecule has 1 aromatic heterocycles. The van der Waals surface area contributed by atoms with Crippen LogP contribution in [0, 0.1) is 12.8 Å². The van der Waals surface area contributed by atoms with E-state index in [9.17, 15) is 4.79 Å². The summed E-state index contributed by atoms with van der Waals surface area (Å²) in [6.07, 6.45) is 1.50. The van der Waals surface area contributed by atoms with Crippen LogP contribution in [-0.2, 0) is 0 Å². The van der Waals surface area contributed by atoms with Crippen LogP contribution in [0.2, 0.25) is 0 Å². The Bertz CT molecular complexity index is 335. The topological polar surface area (TPSA) is 78.0 Å². The molecular formula is C10H17N3O2. The van der Waals surface area contributed by atoms with E-state index in [1.165, 1.54) is 6.20 Å². The first kappa shape index (κ1) is 11.7. The second kappa shape index (κ2) is 4.93. The average Bonchev–Trinajstić information content (AvgIpc) is 2.63. The van der Waals surface area contributed by atoms with Gasteiger partial charge in [0.15, 0.2) is 0 Å². The van der Waals surface area contributed by atoms with Crippen molar-refractivity contribution >= 4 is 5.91 Å². The fraction of sp³-hybridized carbons (Fsp3) is 0.600. The van der Waals surface area contributed by atoms with Crippen molar-refractivity contribution < 1.29 is 9.90 Å². The monoisotopic (exact) mass is 211 g/mol. The summed E-state index contributed by atoms with van der Waals surface area (Å²) in [5.41, 5.74) is 1.29. The van der Waals surface area contributed by atoms with E-state index >= 15 is 0 Å². The molecule has 0 saturated carbocycles. The van der Waals surface area contributed by atoms with Crippen molar-refractivity contribution in [1.29, 1.82) is 0 Å².